The van der Waals surface area contributed by atoms with E-state index in [-0.39, 0.29) is 17.8 Å². The molecular formula is C35H44O3. The van der Waals surface area contributed by atoms with Gasteiger partial charge < -0.3 is 15.3 Å². The number of aromatic hydroxyl groups is 3. The standard InChI is InChI=1S/C35H44O3/c1-19(2)27-14-22(7-10-32(27)36)30-17-26-13-25(30)18-31(26)35(23-8-11-33(37)28(15-23)20(3)4)24-9-12-34(38)29(16-24)21(5)6/h7-12,14-16,19-21,25-26,30-31,35-38H,13,17-18H2,1-6H3. The number of rotatable bonds is 7. The molecule has 0 saturated heterocycles. The third kappa shape index (κ3) is 4.81. The van der Waals surface area contributed by atoms with E-state index in [1.807, 2.05) is 18.2 Å². The highest BCUT2D eigenvalue weighted by molar-refractivity contribution is 5.47. The molecule has 2 bridgehead atoms. The molecule has 3 heteroatoms. The summed E-state index contributed by atoms with van der Waals surface area (Å²) >= 11 is 0. The van der Waals surface area contributed by atoms with E-state index in [0.717, 1.165) is 16.7 Å². The first kappa shape index (κ1) is 26.7. The van der Waals surface area contributed by atoms with Crippen LogP contribution in [0, 0.1) is 17.8 Å². The van der Waals surface area contributed by atoms with Crippen LogP contribution in [0.4, 0.5) is 0 Å². The molecule has 2 fully saturated rings. The first-order valence-electron chi connectivity index (χ1n) is 14.5. The van der Waals surface area contributed by atoms with E-state index in [1.54, 1.807) is 0 Å². The molecule has 2 saturated carbocycles. The Balaban J connectivity index is 1.52. The quantitative estimate of drug-likeness (QED) is 0.296. The Kier molecular flexibility index (Phi) is 7.24. The number of hydrogen-bond donors (Lipinski definition) is 3. The fourth-order valence-corrected chi connectivity index (χ4v) is 7.55. The number of benzene rings is 3. The van der Waals surface area contributed by atoms with Gasteiger partial charge in [0.2, 0.25) is 0 Å². The second-order valence-corrected chi connectivity index (χ2v) is 12.9. The Morgan fingerprint density at radius 3 is 1.47 bits per heavy atom. The van der Waals surface area contributed by atoms with Crippen LogP contribution in [0.15, 0.2) is 54.6 Å². The van der Waals surface area contributed by atoms with E-state index in [0.29, 0.717) is 46.8 Å². The van der Waals surface area contributed by atoms with E-state index in [9.17, 15) is 15.3 Å². The van der Waals surface area contributed by atoms with Crippen molar-refractivity contribution in [2.24, 2.45) is 17.8 Å². The Morgan fingerprint density at radius 2 is 1.03 bits per heavy atom. The molecular weight excluding hydrogens is 468 g/mol. The summed E-state index contributed by atoms with van der Waals surface area (Å²) in [6.45, 7) is 12.8. The molecule has 0 aromatic heterocycles. The Hall–Kier alpha value is -2.94. The van der Waals surface area contributed by atoms with Crippen molar-refractivity contribution < 1.29 is 15.3 Å². The molecule has 0 aliphatic heterocycles. The highest BCUT2D eigenvalue weighted by atomic mass is 16.3. The van der Waals surface area contributed by atoms with Gasteiger partial charge in [0.05, 0.1) is 0 Å². The van der Waals surface area contributed by atoms with Crippen LogP contribution in [0.1, 0.15) is 124 Å². The van der Waals surface area contributed by atoms with Gasteiger partial charge in [0.1, 0.15) is 17.2 Å². The van der Waals surface area contributed by atoms with Crippen molar-refractivity contribution >= 4 is 0 Å². The maximum Gasteiger partial charge on any atom is 0.119 e. The van der Waals surface area contributed by atoms with Crippen molar-refractivity contribution in [3.63, 3.8) is 0 Å². The lowest BCUT2D eigenvalue weighted by Crippen LogP contribution is -2.24. The van der Waals surface area contributed by atoms with Crippen LogP contribution >= 0.6 is 0 Å². The summed E-state index contributed by atoms with van der Waals surface area (Å²) in [6, 6.07) is 18.7. The molecule has 0 amide bonds. The SMILES string of the molecule is CC(C)c1cc(C2CC3CC2CC3C(c2ccc(O)c(C(C)C)c2)c2ccc(O)c(C(C)C)c2)ccc1O. The predicted octanol–water partition coefficient (Wildman–Crippen LogP) is 9.14. The monoisotopic (exact) mass is 512 g/mol. The average Bonchev–Trinajstić information content (AvgIpc) is 3.47. The number of phenols is 3. The zero-order valence-corrected chi connectivity index (χ0v) is 23.8. The van der Waals surface area contributed by atoms with Gasteiger partial charge in [-0.3, -0.25) is 0 Å². The van der Waals surface area contributed by atoms with Gasteiger partial charge in [-0.1, -0.05) is 77.9 Å². The second-order valence-electron chi connectivity index (χ2n) is 12.9. The summed E-state index contributed by atoms with van der Waals surface area (Å²) in [4.78, 5) is 0. The fourth-order valence-electron chi connectivity index (χ4n) is 7.55. The topological polar surface area (TPSA) is 60.7 Å². The van der Waals surface area contributed by atoms with Gasteiger partial charge in [0.25, 0.3) is 0 Å². The van der Waals surface area contributed by atoms with Crippen LogP contribution in [-0.2, 0) is 0 Å². The maximum absolute atomic E-state index is 10.6. The fraction of sp³-hybridized carbons (Fsp3) is 0.486. The molecule has 3 aromatic rings. The molecule has 0 radical (unpaired) electrons. The van der Waals surface area contributed by atoms with E-state index in [1.165, 1.54) is 36.0 Å². The van der Waals surface area contributed by atoms with Crippen LogP contribution in [0.5, 0.6) is 17.2 Å². The molecule has 5 rings (SSSR count). The molecule has 202 valence electrons. The molecule has 3 nitrogen and oxygen atoms in total. The second kappa shape index (κ2) is 10.3. The molecule has 2 aliphatic carbocycles. The van der Waals surface area contributed by atoms with Gasteiger partial charge >= 0.3 is 0 Å². The molecule has 38 heavy (non-hydrogen) atoms. The third-order valence-corrected chi connectivity index (χ3v) is 9.51. The van der Waals surface area contributed by atoms with Crippen molar-refractivity contribution in [1.29, 1.82) is 0 Å². The van der Waals surface area contributed by atoms with E-state index in [4.69, 9.17) is 0 Å². The Bertz CT molecular complexity index is 1250. The number of fused-ring (bicyclic) bond motifs is 2. The minimum absolute atomic E-state index is 0.230. The number of phenolic OH excluding ortho intramolecular Hbond substituents is 3. The van der Waals surface area contributed by atoms with Crippen LogP contribution in [0.25, 0.3) is 0 Å². The third-order valence-electron chi connectivity index (χ3n) is 9.51. The van der Waals surface area contributed by atoms with Gasteiger partial charge in [0, 0.05) is 5.92 Å². The van der Waals surface area contributed by atoms with E-state index in [2.05, 4.69) is 77.9 Å². The lowest BCUT2D eigenvalue weighted by atomic mass is 9.69. The summed E-state index contributed by atoms with van der Waals surface area (Å²) in [6.07, 6.45) is 3.60. The Morgan fingerprint density at radius 1 is 0.553 bits per heavy atom. The average molecular weight is 513 g/mol. The van der Waals surface area contributed by atoms with Gasteiger partial charge in [-0.15, -0.1) is 0 Å². The van der Waals surface area contributed by atoms with Crippen molar-refractivity contribution in [3.05, 3.63) is 88.0 Å². The lowest BCUT2D eigenvalue weighted by Gasteiger charge is -2.35. The highest BCUT2D eigenvalue weighted by Crippen LogP contribution is 2.60. The molecule has 2 aliphatic rings. The molecule has 3 N–H and O–H groups in total. The van der Waals surface area contributed by atoms with Gasteiger partial charge in [-0.2, -0.15) is 0 Å². The van der Waals surface area contributed by atoms with Crippen molar-refractivity contribution in [1.82, 2.24) is 0 Å². The molecule has 4 unspecified atom stereocenters. The highest BCUT2D eigenvalue weighted by Gasteiger charge is 2.49. The van der Waals surface area contributed by atoms with Crippen LogP contribution in [-0.4, -0.2) is 15.3 Å². The smallest absolute Gasteiger partial charge is 0.119 e. The molecule has 3 aromatic carbocycles. The molecule has 0 spiro atoms. The normalized spacial score (nSPS) is 22.9. The van der Waals surface area contributed by atoms with Crippen molar-refractivity contribution in [2.45, 2.75) is 90.4 Å². The Labute approximate surface area is 228 Å². The minimum Gasteiger partial charge on any atom is -0.508 e. The summed E-state index contributed by atoms with van der Waals surface area (Å²) in [7, 11) is 0. The minimum atomic E-state index is 0.230. The van der Waals surface area contributed by atoms with Gasteiger partial charge in [-0.25, -0.2) is 0 Å². The zero-order valence-electron chi connectivity index (χ0n) is 23.8. The van der Waals surface area contributed by atoms with Crippen LogP contribution in [0.2, 0.25) is 0 Å². The summed E-state index contributed by atoms with van der Waals surface area (Å²) in [5, 5.41) is 31.5. The first-order chi connectivity index (χ1) is 18.0. The number of hydrogen-bond acceptors (Lipinski definition) is 3. The molecule has 0 heterocycles. The lowest BCUT2D eigenvalue weighted by molar-refractivity contribution is 0.279. The zero-order chi connectivity index (χ0) is 27.3. The van der Waals surface area contributed by atoms with E-state index >= 15 is 0 Å². The predicted molar refractivity (Wildman–Crippen MR) is 155 cm³/mol. The summed E-state index contributed by atoms with van der Waals surface area (Å²) in [5.74, 6) is 4.51. The van der Waals surface area contributed by atoms with Crippen LogP contribution in [0.3, 0.4) is 0 Å². The first-order valence-corrected chi connectivity index (χ1v) is 14.5. The van der Waals surface area contributed by atoms with Crippen LogP contribution < -0.4 is 0 Å². The van der Waals surface area contributed by atoms with Crippen molar-refractivity contribution in [2.75, 3.05) is 0 Å². The summed E-state index contributed by atoms with van der Waals surface area (Å²) in [5.41, 5.74) is 6.98. The summed E-state index contributed by atoms with van der Waals surface area (Å²) < 4.78 is 0. The maximum atomic E-state index is 10.6. The van der Waals surface area contributed by atoms with E-state index < -0.39 is 0 Å². The van der Waals surface area contributed by atoms with Gasteiger partial charge in [0.15, 0.2) is 0 Å². The largest absolute Gasteiger partial charge is 0.508 e. The van der Waals surface area contributed by atoms with Gasteiger partial charge in [-0.05, 0) is 112 Å². The van der Waals surface area contributed by atoms with Crippen molar-refractivity contribution in [3.8, 4) is 17.2 Å². The molecule has 4 atom stereocenters.